The highest BCUT2D eigenvalue weighted by molar-refractivity contribution is 5.41. The summed E-state index contributed by atoms with van der Waals surface area (Å²) in [5.74, 6) is 3.41. The van der Waals surface area contributed by atoms with Crippen molar-refractivity contribution < 1.29 is 4.74 Å². The number of nitrogens with zero attached hydrogens (tertiary/aromatic N) is 3. The Morgan fingerprint density at radius 1 is 1.04 bits per heavy atom. The Morgan fingerprint density at radius 3 is 2.57 bits per heavy atom. The molecule has 2 aromatic rings. The van der Waals surface area contributed by atoms with Crippen LogP contribution in [0.3, 0.4) is 0 Å². The Balaban J connectivity index is 1.56. The number of rotatable bonds is 3. The van der Waals surface area contributed by atoms with Crippen LogP contribution < -0.4 is 9.64 Å². The van der Waals surface area contributed by atoms with E-state index in [4.69, 9.17) is 4.74 Å². The number of likely N-dealkylation sites (tertiary alicyclic amines) is 1. The fraction of sp³-hybridized carbons (Fsp3) is 0.421. The Labute approximate surface area is 137 Å². The van der Waals surface area contributed by atoms with Crippen molar-refractivity contribution in [1.29, 1.82) is 0 Å². The second-order valence-corrected chi connectivity index (χ2v) is 6.67. The molecule has 0 amide bonds. The largest absolute Gasteiger partial charge is 0.497 e. The number of ether oxygens (including phenoxy) is 1. The third-order valence-electron chi connectivity index (χ3n) is 5.33. The highest BCUT2D eigenvalue weighted by atomic mass is 16.5. The number of benzene rings is 1. The smallest absolute Gasteiger partial charge is 0.128 e. The highest BCUT2D eigenvalue weighted by Crippen LogP contribution is 2.44. The summed E-state index contributed by atoms with van der Waals surface area (Å²) in [5, 5.41) is 0. The minimum atomic E-state index is 0.486. The van der Waals surface area contributed by atoms with E-state index in [2.05, 4.69) is 58.2 Å². The average Bonchev–Trinajstić information content (AvgIpc) is 3.12. The Bertz CT molecular complexity index is 658. The van der Waals surface area contributed by atoms with Gasteiger partial charge in [0.1, 0.15) is 11.6 Å². The number of pyridine rings is 1. The zero-order chi connectivity index (χ0) is 15.8. The lowest BCUT2D eigenvalue weighted by molar-refractivity contribution is 0.279. The summed E-state index contributed by atoms with van der Waals surface area (Å²) >= 11 is 0. The molecule has 4 rings (SSSR count). The van der Waals surface area contributed by atoms with Gasteiger partial charge in [-0.15, -0.1) is 0 Å². The Morgan fingerprint density at radius 2 is 1.87 bits per heavy atom. The first-order chi connectivity index (χ1) is 11.3. The molecule has 4 nitrogen and oxygen atoms in total. The molecular formula is C19H23N3O. The van der Waals surface area contributed by atoms with Crippen molar-refractivity contribution in [3.63, 3.8) is 0 Å². The van der Waals surface area contributed by atoms with Crippen molar-refractivity contribution in [3.8, 4) is 5.75 Å². The number of hydrogen-bond donors (Lipinski definition) is 0. The molecule has 3 atom stereocenters. The summed E-state index contributed by atoms with van der Waals surface area (Å²) in [7, 11) is 3.97. The highest BCUT2D eigenvalue weighted by Gasteiger charge is 2.46. The molecule has 0 unspecified atom stereocenters. The molecule has 3 heterocycles. The number of methoxy groups -OCH3 is 1. The van der Waals surface area contributed by atoms with Gasteiger partial charge in [-0.1, -0.05) is 18.2 Å². The van der Waals surface area contributed by atoms with Crippen molar-refractivity contribution in [3.05, 3.63) is 54.2 Å². The molecule has 2 fully saturated rings. The topological polar surface area (TPSA) is 28.6 Å². The molecule has 0 radical (unpaired) electrons. The van der Waals surface area contributed by atoms with E-state index in [0.29, 0.717) is 17.9 Å². The molecule has 4 heteroatoms. The van der Waals surface area contributed by atoms with E-state index in [9.17, 15) is 0 Å². The van der Waals surface area contributed by atoms with Crippen LogP contribution in [-0.2, 0) is 0 Å². The van der Waals surface area contributed by atoms with E-state index >= 15 is 0 Å². The summed E-state index contributed by atoms with van der Waals surface area (Å²) in [6, 6.07) is 15.2. The Kier molecular flexibility index (Phi) is 3.69. The van der Waals surface area contributed by atoms with Gasteiger partial charge in [0.05, 0.1) is 7.11 Å². The molecule has 2 aliphatic heterocycles. The van der Waals surface area contributed by atoms with Crippen LogP contribution >= 0.6 is 0 Å². The van der Waals surface area contributed by atoms with E-state index in [0.717, 1.165) is 31.2 Å². The van der Waals surface area contributed by atoms with Gasteiger partial charge in [-0.05, 0) is 42.8 Å². The Hall–Kier alpha value is -2.07. The maximum absolute atomic E-state index is 5.29. The molecule has 0 N–H and O–H groups in total. The van der Waals surface area contributed by atoms with Crippen LogP contribution in [0.4, 0.5) is 5.82 Å². The summed E-state index contributed by atoms with van der Waals surface area (Å²) < 4.78 is 5.29. The molecule has 0 bridgehead atoms. The molecule has 2 saturated heterocycles. The van der Waals surface area contributed by atoms with Gasteiger partial charge in [-0.3, -0.25) is 4.90 Å². The van der Waals surface area contributed by atoms with Gasteiger partial charge in [0.2, 0.25) is 0 Å². The number of anilines is 1. The SMILES string of the molecule is COc1ccc([C@@H]2[C@@H]3CN(c4ccccn4)C[C@@H]3CN2C)cc1. The fourth-order valence-electron chi connectivity index (χ4n) is 4.29. The third-order valence-corrected chi connectivity index (χ3v) is 5.33. The van der Waals surface area contributed by atoms with Crippen molar-refractivity contribution >= 4 is 5.82 Å². The quantitative estimate of drug-likeness (QED) is 0.872. The lowest BCUT2D eigenvalue weighted by Crippen LogP contribution is -2.29. The zero-order valence-corrected chi connectivity index (χ0v) is 13.7. The van der Waals surface area contributed by atoms with Gasteiger partial charge in [-0.25, -0.2) is 4.98 Å². The lowest BCUT2D eigenvalue weighted by atomic mass is 9.89. The predicted octanol–water partition coefficient (Wildman–Crippen LogP) is 2.83. The van der Waals surface area contributed by atoms with E-state index in [-0.39, 0.29) is 0 Å². The third kappa shape index (κ3) is 2.57. The molecule has 0 spiro atoms. The van der Waals surface area contributed by atoms with Gasteiger partial charge in [0.25, 0.3) is 0 Å². The summed E-state index contributed by atoms with van der Waals surface area (Å²) in [5.41, 5.74) is 1.39. The molecular weight excluding hydrogens is 286 g/mol. The van der Waals surface area contributed by atoms with Crippen molar-refractivity contribution in [2.75, 3.05) is 38.7 Å². The summed E-state index contributed by atoms with van der Waals surface area (Å²) in [4.78, 5) is 9.47. The summed E-state index contributed by atoms with van der Waals surface area (Å²) in [6.45, 7) is 3.35. The minimum Gasteiger partial charge on any atom is -0.497 e. The lowest BCUT2D eigenvalue weighted by Gasteiger charge is -2.27. The van der Waals surface area contributed by atoms with Crippen LogP contribution in [0.1, 0.15) is 11.6 Å². The standard InChI is InChI=1S/C19H23N3O/c1-21-11-15-12-22(18-5-3-4-10-20-18)13-17(15)19(21)14-6-8-16(23-2)9-7-14/h3-10,15,17,19H,11-13H2,1-2H3/t15-,17+,19+/m0/s1. The number of fused-ring (bicyclic) bond motifs is 1. The van der Waals surface area contributed by atoms with E-state index in [1.165, 1.54) is 5.56 Å². The van der Waals surface area contributed by atoms with Crippen LogP contribution in [0.15, 0.2) is 48.7 Å². The molecule has 23 heavy (non-hydrogen) atoms. The van der Waals surface area contributed by atoms with E-state index in [1.807, 2.05) is 12.3 Å². The van der Waals surface area contributed by atoms with Gasteiger partial charge in [0, 0.05) is 37.8 Å². The van der Waals surface area contributed by atoms with Crippen LogP contribution in [0.25, 0.3) is 0 Å². The zero-order valence-electron chi connectivity index (χ0n) is 13.7. The number of aromatic nitrogens is 1. The monoisotopic (exact) mass is 309 g/mol. The first-order valence-electron chi connectivity index (χ1n) is 8.26. The van der Waals surface area contributed by atoms with Crippen LogP contribution in [0, 0.1) is 11.8 Å². The fourth-order valence-corrected chi connectivity index (χ4v) is 4.29. The van der Waals surface area contributed by atoms with Crippen molar-refractivity contribution in [2.45, 2.75) is 6.04 Å². The van der Waals surface area contributed by atoms with Crippen molar-refractivity contribution in [1.82, 2.24) is 9.88 Å². The molecule has 120 valence electrons. The molecule has 1 aromatic carbocycles. The van der Waals surface area contributed by atoms with Crippen LogP contribution in [0.2, 0.25) is 0 Å². The molecule has 0 saturated carbocycles. The van der Waals surface area contributed by atoms with Crippen LogP contribution in [-0.4, -0.2) is 43.7 Å². The molecule has 1 aromatic heterocycles. The number of hydrogen-bond acceptors (Lipinski definition) is 4. The van der Waals surface area contributed by atoms with Crippen molar-refractivity contribution in [2.24, 2.45) is 11.8 Å². The second-order valence-electron chi connectivity index (χ2n) is 6.67. The van der Waals surface area contributed by atoms with Gasteiger partial charge < -0.3 is 9.64 Å². The second kappa shape index (κ2) is 5.85. The first kappa shape index (κ1) is 14.5. The van der Waals surface area contributed by atoms with E-state index < -0.39 is 0 Å². The normalized spacial score (nSPS) is 27.2. The molecule has 0 aliphatic carbocycles. The predicted molar refractivity (Wildman–Crippen MR) is 91.8 cm³/mol. The first-order valence-corrected chi connectivity index (χ1v) is 8.26. The summed E-state index contributed by atoms with van der Waals surface area (Å²) in [6.07, 6.45) is 1.89. The van der Waals surface area contributed by atoms with E-state index in [1.54, 1.807) is 7.11 Å². The minimum absolute atomic E-state index is 0.486. The average molecular weight is 309 g/mol. The van der Waals surface area contributed by atoms with Gasteiger partial charge >= 0.3 is 0 Å². The maximum Gasteiger partial charge on any atom is 0.128 e. The van der Waals surface area contributed by atoms with Gasteiger partial charge in [-0.2, -0.15) is 0 Å². The maximum atomic E-state index is 5.29. The molecule has 2 aliphatic rings. The van der Waals surface area contributed by atoms with Gasteiger partial charge in [0.15, 0.2) is 0 Å². The van der Waals surface area contributed by atoms with Crippen LogP contribution in [0.5, 0.6) is 5.75 Å².